The molecule has 0 bridgehead atoms. The smallest absolute Gasteiger partial charge is 0.337 e. The maximum absolute atomic E-state index is 10.7. The van der Waals surface area contributed by atoms with Gasteiger partial charge in [-0.1, -0.05) is 11.8 Å². The summed E-state index contributed by atoms with van der Waals surface area (Å²) in [6, 6.07) is 1.31. The summed E-state index contributed by atoms with van der Waals surface area (Å²) in [4.78, 5) is 24.6. The number of carboxylic acid groups (broad SMARTS) is 2. The molecule has 0 aliphatic heterocycles. The van der Waals surface area contributed by atoms with Crippen molar-refractivity contribution in [3.05, 3.63) is 29.6 Å². The van der Waals surface area contributed by atoms with Crippen LogP contribution < -0.4 is 0 Å². The largest absolute Gasteiger partial charge is 0.481 e. The average Bonchev–Trinajstić information content (AvgIpc) is 2.17. The normalized spacial score (nSPS) is 8.80. The standard InChI is InChI=1S/C10H7NO4/c12-9(13)3-1-2-7-6-11-5-4-8(7)10(14)15/h4-6H,3H2,(H,12,13)(H,14,15). The molecule has 5 nitrogen and oxygen atoms in total. The van der Waals surface area contributed by atoms with Crippen LogP contribution in [0.5, 0.6) is 0 Å². The van der Waals surface area contributed by atoms with E-state index in [9.17, 15) is 9.59 Å². The number of hydrogen-bond acceptors (Lipinski definition) is 3. The topological polar surface area (TPSA) is 87.5 Å². The van der Waals surface area contributed by atoms with Gasteiger partial charge in [-0.15, -0.1) is 0 Å². The van der Waals surface area contributed by atoms with Crippen molar-refractivity contribution in [2.75, 3.05) is 0 Å². The molecular weight excluding hydrogens is 198 g/mol. The molecular formula is C10H7NO4. The minimum Gasteiger partial charge on any atom is -0.481 e. The highest BCUT2D eigenvalue weighted by Gasteiger charge is 2.06. The van der Waals surface area contributed by atoms with Gasteiger partial charge in [0, 0.05) is 12.4 Å². The lowest BCUT2D eigenvalue weighted by Crippen LogP contribution is -2.00. The zero-order valence-electron chi connectivity index (χ0n) is 7.60. The molecule has 76 valence electrons. The van der Waals surface area contributed by atoms with Crippen molar-refractivity contribution < 1.29 is 19.8 Å². The highest BCUT2D eigenvalue weighted by Crippen LogP contribution is 2.04. The van der Waals surface area contributed by atoms with Crippen LogP contribution in [0.1, 0.15) is 22.3 Å². The molecule has 1 rings (SSSR count). The van der Waals surface area contributed by atoms with Crippen molar-refractivity contribution in [3.63, 3.8) is 0 Å². The molecule has 0 amide bonds. The number of pyridine rings is 1. The predicted octanol–water partition coefficient (Wildman–Crippen LogP) is 0.606. The number of hydrogen-bond donors (Lipinski definition) is 2. The van der Waals surface area contributed by atoms with Gasteiger partial charge in [-0.05, 0) is 6.07 Å². The van der Waals surface area contributed by atoms with Gasteiger partial charge >= 0.3 is 11.9 Å². The van der Waals surface area contributed by atoms with Crippen LogP contribution in [0.2, 0.25) is 0 Å². The molecule has 0 aromatic carbocycles. The van der Waals surface area contributed by atoms with Crippen LogP contribution in [0.3, 0.4) is 0 Å². The molecule has 0 aliphatic carbocycles. The summed E-state index contributed by atoms with van der Waals surface area (Å²) in [6.45, 7) is 0. The second-order valence-corrected chi connectivity index (χ2v) is 2.60. The highest BCUT2D eigenvalue weighted by atomic mass is 16.4. The summed E-state index contributed by atoms with van der Waals surface area (Å²) in [5.41, 5.74) is 0.231. The van der Waals surface area contributed by atoms with Gasteiger partial charge in [0.2, 0.25) is 0 Å². The molecule has 0 radical (unpaired) electrons. The maximum Gasteiger partial charge on any atom is 0.337 e. The highest BCUT2D eigenvalue weighted by molar-refractivity contribution is 5.90. The van der Waals surface area contributed by atoms with E-state index in [1.807, 2.05) is 0 Å². The van der Waals surface area contributed by atoms with Gasteiger partial charge in [-0.25, -0.2) is 4.79 Å². The lowest BCUT2D eigenvalue weighted by molar-refractivity contribution is -0.135. The first kappa shape index (κ1) is 10.7. The van der Waals surface area contributed by atoms with Crippen molar-refractivity contribution in [1.29, 1.82) is 0 Å². The van der Waals surface area contributed by atoms with E-state index in [2.05, 4.69) is 16.8 Å². The SMILES string of the molecule is O=C(O)CC#Cc1cnccc1C(=O)O. The van der Waals surface area contributed by atoms with Gasteiger partial charge in [0.1, 0.15) is 6.42 Å². The van der Waals surface area contributed by atoms with Crippen LogP contribution in [0.4, 0.5) is 0 Å². The van der Waals surface area contributed by atoms with E-state index in [0.29, 0.717) is 0 Å². The Balaban J connectivity index is 2.97. The molecule has 0 spiro atoms. The minimum absolute atomic E-state index is 0.0166. The molecule has 0 aliphatic rings. The third kappa shape index (κ3) is 3.12. The van der Waals surface area contributed by atoms with E-state index in [1.165, 1.54) is 18.5 Å². The van der Waals surface area contributed by atoms with Gasteiger partial charge in [0.25, 0.3) is 0 Å². The Morgan fingerprint density at radius 2 is 2.13 bits per heavy atom. The van der Waals surface area contributed by atoms with Crippen molar-refractivity contribution in [1.82, 2.24) is 4.98 Å². The summed E-state index contributed by atoms with van der Waals surface area (Å²) in [5.74, 6) is 2.63. The number of carbonyl (C=O) groups is 2. The third-order valence-corrected chi connectivity index (χ3v) is 1.51. The zero-order valence-corrected chi connectivity index (χ0v) is 7.60. The van der Waals surface area contributed by atoms with Crippen molar-refractivity contribution in [3.8, 4) is 11.8 Å². The molecule has 1 aromatic rings. The molecule has 0 fully saturated rings. The number of nitrogens with zero attached hydrogens (tertiary/aromatic N) is 1. The third-order valence-electron chi connectivity index (χ3n) is 1.51. The molecule has 1 aromatic heterocycles. The number of carboxylic acids is 2. The Bertz CT molecular complexity index is 456. The van der Waals surface area contributed by atoms with Crippen LogP contribution >= 0.6 is 0 Å². The Labute approximate surface area is 85.4 Å². The molecule has 0 unspecified atom stereocenters. The lowest BCUT2D eigenvalue weighted by atomic mass is 10.1. The maximum atomic E-state index is 10.7. The first-order chi connectivity index (χ1) is 7.11. The Kier molecular flexibility index (Phi) is 3.41. The molecule has 2 N–H and O–H groups in total. The number of aromatic carboxylic acids is 1. The van der Waals surface area contributed by atoms with E-state index in [0.717, 1.165) is 0 Å². The predicted molar refractivity (Wildman–Crippen MR) is 50.3 cm³/mol. The summed E-state index contributed by atoms with van der Waals surface area (Å²) in [5, 5.41) is 17.1. The first-order valence-electron chi connectivity index (χ1n) is 3.99. The monoisotopic (exact) mass is 205 g/mol. The van der Waals surface area contributed by atoms with E-state index in [4.69, 9.17) is 10.2 Å². The summed E-state index contributed by atoms with van der Waals surface area (Å²) in [7, 11) is 0. The van der Waals surface area contributed by atoms with Crippen LogP contribution in [0.15, 0.2) is 18.5 Å². The molecule has 15 heavy (non-hydrogen) atoms. The zero-order chi connectivity index (χ0) is 11.3. The fraction of sp³-hybridized carbons (Fsp3) is 0.100. The molecule has 0 saturated carbocycles. The number of rotatable bonds is 2. The van der Waals surface area contributed by atoms with Crippen molar-refractivity contribution in [2.45, 2.75) is 6.42 Å². The Hall–Kier alpha value is -2.35. The average molecular weight is 205 g/mol. The number of aromatic nitrogens is 1. The van der Waals surface area contributed by atoms with Gasteiger partial charge < -0.3 is 10.2 Å². The van der Waals surface area contributed by atoms with Crippen molar-refractivity contribution in [2.24, 2.45) is 0 Å². The molecule has 0 saturated heterocycles. The molecule has 0 atom stereocenters. The van der Waals surface area contributed by atoms with Crippen LogP contribution in [0.25, 0.3) is 0 Å². The Morgan fingerprint density at radius 3 is 2.73 bits per heavy atom. The summed E-state index contributed by atoms with van der Waals surface area (Å²) >= 11 is 0. The van der Waals surface area contributed by atoms with E-state index in [-0.39, 0.29) is 17.5 Å². The lowest BCUT2D eigenvalue weighted by Gasteiger charge is -1.95. The fourth-order valence-corrected chi connectivity index (χ4v) is 0.896. The first-order valence-corrected chi connectivity index (χ1v) is 3.99. The number of aliphatic carboxylic acids is 1. The van der Waals surface area contributed by atoms with Gasteiger partial charge in [-0.2, -0.15) is 0 Å². The fourth-order valence-electron chi connectivity index (χ4n) is 0.896. The van der Waals surface area contributed by atoms with E-state index >= 15 is 0 Å². The minimum atomic E-state index is -1.11. The van der Waals surface area contributed by atoms with Crippen LogP contribution in [-0.2, 0) is 4.79 Å². The van der Waals surface area contributed by atoms with Crippen LogP contribution in [-0.4, -0.2) is 27.1 Å². The second-order valence-electron chi connectivity index (χ2n) is 2.60. The molecule has 1 heterocycles. The summed E-state index contributed by atoms with van der Waals surface area (Å²) < 4.78 is 0. The van der Waals surface area contributed by atoms with Crippen molar-refractivity contribution >= 4 is 11.9 Å². The van der Waals surface area contributed by atoms with E-state index in [1.54, 1.807) is 0 Å². The van der Waals surface area contributed by atoms with Crippen LogP contribution in [0, 0.1) is 11.8 Å². The quantitative estimate of drug-likeness (QED) is 0.690. The second kappa shape index (κ2) is 4.77. The van der Waals surface area contributed by atoms with Gasteiger partial charge in [-0.3, -0.25) is 9.78 Å². The molecule has 5 heteroatoms. The van der Waals surface area contributed by atoms with Gasteiger partial charge in [0.05, 0.1) is 11.1 Å². The van der Waals surface area contributed by atoms with E-state index < -0.39 is 11.9 Å². The summed E-state index contributed by atoms with van der Waals surface area (Å²) in [6.07, 6.45) is 2.30. The van der Waals surface area contributed by atoms with Gasteiger partial charge in [0.15, 0.2) is 0 Å². The Morgan fingerprint density at radius 1 is 1.40 bits per heavy atom.